The van der Waals surface area contributed by atoms with Crippen molar-refractivity contribution in [1.29, 1.82) is 0 Å². The van der Waals surface area contributed by atoms with E-state index in [1.807, 2.05) is 30.3 Å². The summed E-state index contributed by atoms with van der Waals surface area (Å²) in [6.07, 6.45) is 2.99. The van der Waals surface area contributed by atoms with Gasteiger partial charge in [0.25, 0.3) is 0 Å². The summed E-state index contributed by atoms with van der Waals surface area (Å²) in [6, 6.07) is 13.1. The minimum atomic E-state index is 0.129. The van der Waals surface area contributed by atoms with Crippen molar-refractivity contribution in [3.8, 4) is 5.75 Å². The average Bonchev–Trinajstić information content (AvgIpc) is 2.59. The highest BCUT2D eigenvalue weighted by Gasteiger charge is 2.12. The minimum Gasteiger partial charge on any atom is -0.508 e. The van der Waals surface area contributed by atoms with Gasteiger partial charge in [-0.2, -0.15) is 0 Å². The number of anilines is 1. The van der Waals surface area contributed by atoms with Crippen LogP contribution in [-0.2, 0) is 12.8 Å². The van der Waals surface area contributed by atoms with E-state index in [1.54, 1.807) is 12.1 Å². The predicted octanol–water partition coefficient (Wildman–Crippen LogP) is 2.77. The fraction of sp³-hybridized carbons (Fsp3) is 0.316. The lowest BCUT2D eigenvalue weighted by molar-refractivity contribution is 0.0991. The maximum atomic E-state index is 12.3. The van der Waals surface area contributed by atoms with Crippen LogP contribution in [0.25, 0.3) is 0 Å². The Morgan fingerprint density at radius 1 is 1.17 bits per heavy atom. The number of ketones is 1. The second kappa shape index (κ2) is 7.29. The average molecular weight is 310 g/mol. The second-order valence-corrected chi connectivity index (χ2v) is 5.92. The molecule has 0 radical (unpaired) electrons. The SMILES string of the molecule is O=C(CNCCc1ccc(O)cc1)c1ccc2c(c1)CCCN2. The van der Waals surface area contributed by atoms with E-state index in [0.717, 1.165) is 49.2 Å². The van der Waals surface area contributed by atoms with Gasteiger partial charge in [-0.25, -0.2) is 0 Å². The van der Waals surface area contributed by atoms with E-state index in [4.69, 9.17) is 0 Å². The molecule has 1 aliphatic heterocycles. The summed E-state index contributed by atoms with van der Waals surface area (Å²) in [5.74, 6) is 0.405. The highest BCUT2D eigenvalue weighted by molar-refractivity contribution is 5.98. The Balaban J connectivity index is 1.48. The second-order valence-electron chi connectivity index (χ2n) is 5.92. The van der Waals surface area contributed by atoms with E-state index < -0.39 is 0 Å². The molecule has 0 spiro atoms. The number of aryl methyl sites for hydroxylation is 1. The first-order valence-corrected chi connectivity index (χ1v) is 8.11. The van der Waals surface area contributed by atoms with Crippen molar-refractivity contribution in [3.63, 3.8) is 0 Å². The van der Waals surface area contributed by atoms with Gasteiger partial charge in [0.05, 0.1) is 6.54 Å². The Labute approximate surface area is 136 Å². The normalized spacial score (nSPS) is 13.2. The number of hydrogen-bond acceptors (Lipinski definition) is 4. The van der Waals surface area contributed by atoms with Crippen molar-refractivity contribution in [2.24, 2.45) is 0 Å². The summed E-state index contributed by atoms with van der Waals surface area (Å²) in [5, 5.41) is 15.8. The zero-order valence-corrected chi connectivity index (χ0v) is 13.1. The summed E-state index contributed by atoms with van der Waals surface area (Å²) < 4.78 is 0. The highest BCUT2D eigenvalue weighted by Crippen LogP contribution is 2.23. The van der Waals surface area contributed by atoms with Gasteiger partial charge in [0, 0.05) is 17.8 Å². The van der Waals surface area contributed by atoms with Crippen LogP contribution in [0.1, 0.15) is 27.9 Å². The zero-order valence-electron chi connectivity index (χ0n) is 13.1. The number of aromatic hydroxyl groups is 1. The number of phenols is 1. The van der Waals surface area contributed by atoms with Crippen molar-refractivity contribution >= 4 is 11.5 Å². The van der Waals surface area contributed by atoms with E-state index in [9.17, 15) is 9.90 Å². The first-order valence-electron chi connectivity index (χ1n) is 8.11. The van der Waals surface area contributed by atoms with Crippen LogP contribution < -0.4 is 10.6 Å². The summed E-state index contributed by atoms with van der Waals surface area (Å²) in [6.45, 7) is 2.10. The molecule has 2 aromatic carbocycles. The van der Waals surface area contributed by atoms with Gasteiger partial charge < -0.3 is 15.7 Å². The molecule has 0 saturated heterocycles. The fourth-order valence-electron chi connectivity index (χ4n) is 2.85. The molecular weight excluding hydrogens is 288 g/mol. The number of phenolic OH excluding ortho intramolecular Hbond substituents is 1. The summed E-state index contributed by atoms with van der Waals surface area (Å²) in [4.78, 5) is 12.3. The number of rotatable bonds is 6. The quantitative estimate of drug-likeness (QED) is 0.567. The molecule has 4 heteroatoms. The van der Waals surface area contributed by atoms with E-state index in [-0.39, 0.29) is 11.5 Å². The third-order valence-corrected chi connectivity index (χ3v) is 4.18. The summed E-state index contributed by atoms with van der Waals surface area (Å²) in [5.41, 5.74) is 4.33. The molecular formula is C19H22N2O2. The molecule has 0 saturated carbocycles. The Kier molecular flexibility index (Phi) is 4.93. The molecule has 0 aliphatic carbocycles. The molecule has 1 heterocycles. The van der Waals surface area contributed by atoms with Crippen LogP contribution in [0.4, 0.5) is 5.69 Å². The van der Waals surface area contributed by atoms with Crippen molar-refractivity contribution in [3.05, 3.63) is 59.2 Å². The molecule has 120 valence electrons. The van der Waals surface area contributed by atoms with Crippen molar-refractivity contribution in [2.75, 3.05) is 25.0 Å². The molecule has 4 nitrogen and oxygen atoms in total. The van der Waals surface area contributed by atoms with Gasteiger partial charge in [-0.3, -0.25) is 4.79 Å². The van der Waals surface area contributed by atoms with Gasteiger partial charge in [-0.1, -0.05) is 12.1 Å². The Hall–Kier alpha value is -2.33. The van der Waals surface area contributed by atoms with Crippen molar-refractivity contribution in [1.82, 2.24) is 5.32 Å². The van der Waals surface area contributed by atoms with Gasteiger partial charge in [-0.15, -0.1) is 0 Å². The maximum absolute atomic E-state index is 12.3. The van der Waals surface area contributed by atoms with Crippen LogP contribution in [0.15, 0.2) is 42.5 Å². The van der Waals surface area contributed by atoms with Gasteiger partial charge in [-0.05, 0) is 67.3 Å². The molecule has 23 heavy (non-hydrogen) atoms. The molecule has 0 unspecified atom stereocenters. The molecule has 3 N–H and O–H groups in total. The largest absolute Gasteiger partial charge is 0.508 e. The van der Waals surface area contributed by atoms with Crippen LogP contribution in [-0.4, -0.2) is 30.5 Å². The van der Waals surface area contributed by atoms with Crippen LogP contribution in [0, 0.1) is 0 Å². The van der Waals surface area contributed by atoms with Crippen molar-refractivity contribution in [2.45, 2.75) is 19.3 Å². The standard InChI is InChI=1S/C19H22N2O2/c22-17-6-3-14(4-7-17)9-11-20-13-19(23)16-5-8-18-15(12-16)2-1-10-21-18/h3-8,12,20-22H,1-2,9-11,13H2. The predicted molar refractivity (Wildman–Crippen MR) is 92.3 cm³/mol. The molecule has 0 atom stereocenters. The van der Waals surface area contributed by atoms with Gasteiger partial charge in [0.2, 0.25) is 0 Å². The third-order valence-electron chi connectivity index (χ3n) is 4.18. The van der Waals surface area contributed by atoms with Crippen LogP contribution in [0.3, 0.4) is 0 Å². The monoisotopic (exact) mass is 310 g/mol. The molecule has 2 aromatic rings. The fourth-order valence-corrected chi connectivity index (χ4v) is 2.85. The minimum absolute atomic E-state index is 0.129. The van der Waals surface area contributed by atoms with Crippen LogP contribution in [0.2, 0.25) is 0 Å². The Bertz CT molecular complexity index is 680. The first kappa shape index (κ1) is 15.6. The summed E-state index contributed by atoms with van der Waals surface area (Å²) in [7, 11) is 0. The lowest BCUT2D eigenvalue weighted by atomic mass is 9.99. The third kappa shape index (κ3) is 4.11. The van der Waals surface area contributed by atoms with E-state index in [1.165, 1.54) is 5.56 Å². The summed E-state index contributed by atoms with van der Waals surface area (Å²) >= 11 is 0. The number of carbonyl (C=O) groups excluding carboxylic acids is 1. The molecule has 0 bridgehead atoms. The van der Waals surface area contributed by atoms with Crippen molar-refractivity contribution < 1.29 is 9.90 Å². The smallest absolute Gasteiger partial charge is 0.176 e. The Morgan fingerprint density at radius 3 is 2.83 bits per heavy atom. The highest BCUT2D eigenvalue weighted by atomic mass is 16.3. The van der Waals surface area contributed by atoms with Gasteiger partial charge in [0.15, 0.2) is 5.78 Å². The molecule has 0 fully saturated rings. The Morgan fingerprint density at radius 2 is 2.00 bits per heavy atom. The topological polar surface area (TPSA) is 61.4 Å². The number of nitrogens with one attached hydrogen (secondary N) is 2. The molecule has 0 amide bonds. The lowest BCUT2D eigenvalue weighted by Crippen LogP contribution is -2.25. The van der Waals surface area contributed by atoms with E-state index in [2.05, 4.69) is 10.6 Å². The number of Topliss-reactive ketones (excluding diaryl/α,β-unsaturated/α-hetero) is 1. The number of fused-ring (bicyclic) bond motifs is 1. The lowest BCUT2D eigenvalue weighted by Gasteiger charge is -2.18. The van der Waals surface area contributed by atoms with Crippen LogP contribution >= 0.6 is 0 Å². The zero-order chi connectivity index (χ0) is 16.1. The molecule has 3 rings (SSSR count). The number of carbonyl (C=O) groups is 1. The van der Waals surface area contributed by atoms with E-state index in [0.29, 0.717) is 6.54 Å². The molecule has 1 aliphatic rings. The number of hydrogen-bond donors (Lipinski definition) is 3. The first-order chi connectivity index (χ1) is 11.2. The number of benzene rings is 2. The maximum Gasteiger partial charge on any atom is 0.176 e. The molecule has 0 aromatic heterocycles. The van der Waals surface area contributed by atoms with Gasteiger partial charge >= 0.3 is 0 Å². The van der Waals surface area contributed by atoms with Crippen LogP contribution in [0.5, 0.6) is 5.75 Å². The van der Waals surface area contributed by atoms with Gasteiger partial charge in [0.1, 0.15) is 5.75 Å². The van der Waals surface area contributed by atoms with E-state index >= 15 is 0 Å².